The lowest BCUT2D eigenvalue weighted by atomic mass is 10.2. The second-order valence-corrected chi connectivity index (χ2v) is 5.60. The van der Waals surface area contributed by atoms with E-state index in [1.165, 1.54) is 15.8 Å². The van der Waals surface area contributed by atoms with E-state index in [0.29, 0.717) is 0 Å². The van der Waals surface area contributed by atoms with Crippen LogP contribution >= 0.6 is 11.3 Å². The van der Waals surface area contributed by atoms with Gasteiger partial charge in [0.2, 0.25) is 5.13 Å². The van der Waals surface area contributed by atoms with Gasteiger partial charge in [-0.1, -0.05) is 53.3 Å². The van der Waals surface area contributed by atoms with Crippen molar-refractivity contribution in [2.24, 2.45) is 4.99 Å². The van der Waals surface area contributed by atoms with Crippen LogP contribution in [-0.2, 0) is 0 Å². The topological polar surface area (TPSA) is 25.2 Å². The Labute approximate surface area is 116 Å². The van der Waals surface area contributed by atoms with E-state index >= 15 is 0 Å². The fourth-order valence-electron chi connectivity index (χ4n) is 1.91. The van der Waals surface area contributed by atoms with Crippen molar-refractivity contribution in [1.29, 1.82) is 0 Å². The summed E-state index contributed by atoms with van der Waals surface area (Å²) in [6, 6.07) is 14.5. The van der Waals surface area contributed by atoms with Gasteiger partial charge >= 0.3 is 0 Å². The largest absolute Gasteiger partial charge is 0.227 e. The van der Waals surface area contributed by atoms with E-state index < -0.39 is 0 Å². The highest BCUT2D eigenvalue weighted by Crippen LogP contribution is 2.29. The Hall–Kier alpha value is -2.00. The molecule has 0 aliphatic rings. The highest BCUT2D eigenvalue weighted by molar-refractivity contribution is 7.22. The fraction of sp³-hybridized carbons (Fsp3) is 0.125. The Morgan fingerprint density at radius 2 is 1.84 bits per heavy atom. The maximum absolute atomic E-state index is 4.57. The Bertz CT molecular complexity index is 739. The molecule has 1 aromatic heterocycles. The summed E-state index contributed by atoms with van der Waals surface area (Å²) >= 11 is 1.62. The number of fused-ring (bicyclic) bond motifs is 1. The zero-order valence-electron chi connectivity index (χ0n) is 10.9. The predicted molar refractivity (Wildman–Crippen MR) is 82.8 cm³/mol. The maximum Gasteiger partial charge on any atom is 0.210 e. The fourth-order valence-corrected chi connectivity index (χ4v) is 2.80. The molecule has 2 aromatic carbocycles. The van der Waals surface area contributed by atoms with Gasteiger partial charge in [0.25, 0.3) is 0 Å². The molecular weight excluding hydrogens is 252 g/mol. The van der Waals surface area contributed by atoms with Crippen molar-refractivity contribution in [3.8, 4) is 0 Å². The van der Waals surface area contributed by atoms with Crippen LogP contribution in [0.25, 0.3) is 10.2 Å². The standard InChI is InChI=1S/C16H14N2S/c1-11-6-8-13(9-7-11)10-17-16-18-15-12(2)4-3-5-14(15)19-16/h3-10H,1-2H3/b17-10+. The molecule has 3 aromatic rings. The quantitative estimate of drug-likeness (QED) is 0.619. The maximum atomic E-state index is 4.57. The Morgan fingerprint density at radius 1 is 1.05 bits per heavy atom. The highest BCUT2D eigenvalue weighted by Gasteiger charge is 2.03. The van der Waals surface area contributed by atoms with Gasteiger partial charge in [-0.05, 0) is 31.0 Å². The van der Waals surface area contributed by atoms with Crippen molar-refractivity contribution >= 4 is 32.9 Å². The second kappa shape index (κ2) is 4.94. The van der Waals surface area contributed by atoms with Gasteiger partial charge in [0.05, 0.1) is 10.2 Å². The molecule has 0 saturated heterocycles. The lowest BCUT2D eigenvalue weighted by molar-refractivity contribution is 1.38. The van der Waals surface area contributed by atoms with Gasteiger partial charge in [0, 0.05) is 6.21 Å². The molecule has 0 fully saturated rings. The average molecular weight is 266 g/mol. The Morgan fingerprint density at radius 3 is 2.58 bits per heavy atom. The molecule has 0 unspecified atom stereocenters. The number of hydrogen-bond donors (Lipinski definition) is 0. The van der Waals surface area contributed by atoms with Crippen molar-refractivity contribution in [1.82, 2.24) is 4.98 Å². The van der Waals surface area contributed by atoms with E-state index in [1.54, 1.807) is 11.3 Å². The van der Waals surface area contributed by atoms with Crippen LogP contribution in [-0.4, -0.2) is 11.2 Å². The lowest BCUT2D eigenvalue weighted by Crippen LogP contribution is -1.80. The molecule has 0 spiro atoms. The molecule has 0 bridgehead atoms. The third kappa shape index (κ3) is 2.56. The van der Waals surface area contributed by atoms with Gasteiger partial charge in [-0.15, -0.1) is 0 Å². The molecule has 0 N–H and O–H groups in total. The summed E-state index contributed by atoms with van der Waals surface area (Å²) in [6.45, 7) is 4.16. The van der Waals surface area contributed by atoms with E-state index in [4.69, 9.17) is 0 Å². The summed E-state index contributed by atoms with van der Waals surface area (Å²) in [6.07, 6.45) is 1.87. The van der Waals surface area contributed by atoms with Crippen LogP contribution in [0.2, 0.25) is 0 Å². The van der Waals surface area contributed by atoms with Gasteiger partial charge in [-0.3, -0.25) is 0 Å². The van der Waals surface area contributed by atoms with Crippen LogP contribution in [0.15, 0.2) is 47.5 Å². The monoisotopic (exact) mass is 266 g/mol. The number of aromatic nitrogens is 1. The van der Waals surface area contributed by atoms with E-state index in [2.05, 4.69) is 66.3 Å². The third-order valence-corrected chi connectivity index (χ3v) is 3.94. The minimum Gasteiger partial charge on any atom is -0.227 e. The van der Waals surface area contributed by atoms with Crippen molar-refractivity contribution < 1.29 is 0 Å². The number of rotatable bonds is 2. The van der Waals surface area contributed by atoms with E-state index in [9.17, 15) is 0 Å². The minimum absolute atomic E-state index is 0.810. The number of aliphatic imine (C=N–C) groups is 1. The summed E-state index contributed by atoms with van der Waals surface area (Å²) in [5.41, 5.74) is 4.61. The van der Waals surface area contributed by atoms with Crippen LogP contribution in [0.3, 0.4) is 0 Å². The summed E-state index contributed by atoms with van der Waals surface area (Å²) in [5.74, 6) is 0. The number of para-hydroxylation sites is 1. The molecular formula is C16H14N2S. The number of hydrogen-bond acceptors (Lipinski definition) is 3. The first-order valence-electron chi connectivity index (χ1n) is 6.19. The molecule has 1 heterocycles. The van der Waals surface area contributed by atoms with E-state index in [0.717, 1.165) is 16.2 Å². The Kier molecular flexibility index (Phi) is 3.13. The molecule has 0 atom stereocenters. The Balaban J connectivity index is 1.93. The number of aryl methyl sites for hydroxylation is 2. The first-order chi connectivity index (χ1) is 9.22. The summed E-state index contributed by atoms with van der Waals surface area (Å²) in [7, 11) is 0. The van der Waals surface area contributed by atoms with Crippen LogP contribution < -0.4 is 0 Å². The van der Waals surface area contributed by atoms with Gasteiger partial charge in [0.15, 0.2) is 0 Å². The van der Waals surface area contributed by atoms with Gasteiger partial charge < -0.3 is 0 Å². The zero-order valence-corrected chi connectivity index (χ0v) is 11.7. The van der Waals surface area contributed by atoms with Crippen LogP contribution in [0.1, 0.15) is 16.7 Å². The SMILES string of the molecule is Cc1ccc(/C=N/c2nc3c(C)cccc3s2)cc1. The molecule has 0 aliphatic heterocycles. The predicted octanol–water partition coefficient (Wildman–Crippen LogP) is 4.66. The summed E-state index contributed by atoms with van der Waals surface area (Å²) in [4.78, 5) is 9.03. The van der Waals surface area contributed by atoms with E-state index in [1.807, 2.05) is 6.21 Å². The van der Waals surface area contributed by atoms with Crippen LogP contribution in [0.5, 0.6) is 0 Å². The molecule has 3 rings (SSSR count). The molecule has 19 heavy (non-hydrogen) atoms. The molecule has 94 valence electrons. The van der Waals surface area contributed by atoms with Crippen LogP contribution in [0, 0.1) is 13.8 Å². The second-order valence-electron chi connectivity index (χ2n) is 4.59. The van der Waals surface area contributed by atoms with Crippen molar-refractivity contribution in [3.05, 3.63) is 59.2 Å². The van der Waals surface area contributed by atoms with Gasteiger partial charge in [0.1, 0.15) is 0 Å². The first-order valence-corrected chi connectivity index (χ1v) is 7.01. The van der Waals surface area contributed by atoms with Gasteiger partial charge in [-0.2, -0.15) is 0 Å². The number of benzene rings is 2. The molecule has 0 radical (unpaired) electrons. The van der Waals surface area contributed by atoms with Crippen LogP contribution in [0.4, 0.5) is 5.13 Å². The smallest absolute Gasteiger partial charge is 0.210 e. The molecule has 0 aliphatic carbocycles. The average Bonchev–Trinajstić information content (AvgIpc) is 2.83. The lowest BCUT2D eigenvalue weighted by Gasteiger charge is -1.93. The van der Waals surface area contributed by atoms with Gasteiger partial charge in [-0.25, -0.2) is 9.98 Å². The molecule has 3 heteroatoms. The first kappa shape index (κ1) is 12.1. The third-order valence-electron chi connectivity index (χ3n) is 3.01. The summed E-state index contributed by atoms with van der Waals surface area (Å²) in [5, 5.41) is 0.810. The normalized spacial score (nSPS) is 11.5. The molecule has 0 saturated carbocycles. The van der Waals surface area contributed by atoms with Crippen molar-refractivity contribution in [2.75, 3.05) is 0 Å². The number of thiazole rings is 1. The number of nitrogens with zero attached hydrogens (tertiary/aromatic N) is 2. The molecule has 2 nitrogen and oxygen atoms in total. The molecule has 0 amide bonds. The van der Waals surface area contributed by atoms with Crippen molar-refractivity contribution in [2.45, 2.75) is 13.8 Å². The highest BCUT2D eigenvalue weighted by atomic mass is 32.1. The summed E-state index contributed by atoms with van der Waals surface area (Å²) < 4.78 is 1.19. The van der Waals surface area contributed by atoms with Crippen molar-refractivity contribution in [3.63, 3.8) is 0 Å². The van der Waals surface area contributed by atoms with E-state index in [-0.39, 0.29) is 0 Å². The minimum atomic E-state index is 0.810. The zero-order chi connectivity index (χ0) is 13.2.